The Hall–Kier alpha value is -3.56. The molecule has 0 radical (unpaired) electrons. The zero-order chi connectivity index (χ0) is 30.2. The van der Waals surface area contributed by atoms with Crippen LogP contribution >= 0.6 is 11.6 Å². The molecule has 0 fully saturated rings. The highest BCUT2D eigenvalue weighted by atomic mass is 35.5. The lowest BCUT2D eigenvalue weighted by molar-refractivity contribution is -0.140. The lowest BCUT2D eigenvalue weighted by Gasteiger charge is -2.33. The van der Waals surface area contributed by atoms with Gasteiger partial charge in [0.1, 0.15) is 18.3 Å². The molecule has 0 saturated heterocycles. The Labute approximate surface area is 248 Å². The standard InChI is InChI=1S/C31H38ClN3O5S/c1-6-23(4)33-31(37)29(7-2)34(20-24-9-8-10-27(19-24)40-5)30(36)21-35(26-15-13-25(32)14-16-26)41(38,39)28-17-11-22(3)12-18-28/h8-19,23,29H,6-7,20-21H2,1-5H3,(H,33,37)/t23-,29-/m1/s1. The Balaban J connectivity index is 2.06. The third-order valence-corrected chi connectivity index (χ3v) is 8.92. The molecule has 0 bridgehead atoms. The van der Waals surface area contributed by atoms with Crippen molar-refractivity contribution in [1.29, 1.82) is 0 Å². The van der Waals surface area contributed by atoms with Gasteiger partial charge >= 0.3 is 0 Å². The zero-order valence-corrected chi connectivity index (χ0v) is 25.7. The van der Waals surface area contributed by atoms with Gasteiger partial charge in [-0.2, -0.15) is 0 Å². The molecule has 41 heavy (non-hydrogen) atoms. The molecule has 3 aromatic carbocycles. The summed E-state index contributed by atoms with van der Waals surface area (Å²) >= 11 is 6.09. The molecule has 3 rings (SSSR count). The Bertz CT molecular complexity index is 1430. The molecular weight excluding hydrogens is 562 g/mol. The predicted octanol–water partition coefficient (Wildman–Crippen LogP) is 5.57. The topological polar surface area (TPSA) is 96.0 Å². The van der Waals surface area contributed by atoms with E-state index in [0.29, 0.717) is 17.2 Å². The van der Waals surface area contributed by atoms with Gasteiger partial charge < -0.3 is 15.0 Å². The van der Waals surface area contributed by atoms with Crippen LogP contribution in [0.3, 0.4) is 0 Å². The van der Waals surface area contributed by atoms with E-state index in [1.54, 1.807) is 61.7 Å². The number of nitrogens with one attached hydrogen (secondary N) is 1. The van der Waals surface area contributed by atoms with Crippen molar-refractivity contribution in [1.82, 2.24) is 10.2 Å². The van der Waals surface area contributed by atoms with E-state index in [9.17, 15) is 18.0 Å². The van der Waals surface area contributed by atoms with E-state index < -0.39 is 28.5 Å². The molecule has 0 aliphatic heterocycles. The minimum Gasteiger partial charge on any atom is -0.497 e. The molecule has 8 nitrogen and oxygen atoms in total. The maximum Gasteiger partial charge on any atom is 0.264 e. The summed E-state index contributed by atoms with van der Waals surface area (Å²) in [4.78, 5) is 29.0. The first-order valence-electron chi connectivity index (χ1n) is 13.6. The van der Waals surface area contributed by atoms with Crippen LogP contribution in [0.5, 0.6) is 5.75 Å². The molecule has 0 unspecified atom stereocenters. The van der Waals surface area contributed by atoms with Gasteiger partial charge in [-0.25, -0.2) is 8.42 Å². The van der Waals surface area contributed by atoms with Crippen LogP contribution in [-0.4, -0.2) is 50.9 Å². The van der Waals surface area contributed by atoms with Gasteiger partial charge in [-0.1, -0.05) is 55.3 Å². The highest BCUT2D eigenvalue weighted by molar-refractivity contribution is 7.92. The smallest absolute Gasteiger partial charge is 0.264 e. The molecule has 220 valence electrons. The summed E-state index contributed by atoms with van der Waals surface area (Å²) in [7, 11) is -2.60. The van der Waals surface area contributed by atoms with Crippen molar-refractivity contribution >= 4 is 39.1 Å². The molecule has 2 atom stereocenters. The molecule has 0 saturated carbocycles. The molecule has 3 aromatic rings. The van der Waals surface area contributed by atoms with E-state index in [1.165, 1.54) is 17.0 Å². The van der Waals surface area contributed by atoms with Gasteiger partial charge in [-0.3, -0.25) is 13.9 Å². The maximum absolute atomic E-state index is 14.1. The number of hydrogen-bond acceptors (Lipinski definition) is 5. The average Bonchev–Trinajstić information content (AvgIpc) is 2.96. The third kappa shape index (κ3) is 8.24. The second kappa shape index (κ2) is 14.4. The molecule has 0 heterocycles. The first-order valence-corrected chi connectivity index (χ1v) is 15.4. The van der Waals surface area contributed by atoms with Crippen molar-refractivity contribution < 1.29 is 22.7 Å². The van der Waals surface area contributed by atoms with Crippen LogP contribution in [0.15, 0.2) is 77.7 Å². The largest absolute Gasteiger partial charge is 0.497 e. The number of rotatable bonds is 13. The fourth-order valence-electron chi connectivity index (χ4n) is 4.30. The van der Waals surface area contributed by atoms with Gasteiger partial charge in [0.2, 0.25) is 11.8 Å². The molecule has 0 spiro atoms. The van der Waals surface area contributed by atoms with Crippen LogP contribution in [0.4, 0.5) is 5.69 Å². The molecule has 1 N–H and O–H groups in total. The number of ether oxygens (including phenoxy) is 1. The Morgan fingerprint density at radius 3 is 2.22 bits per heavy atom. The quantitative estimate of drug-likeness (QED) is 0.277. The van der Waals surface area contributed by atoms with Gasteiger partial charge in [0.15, 0.2) is 0 Å². The normalized spacial score (nSPS) is 12.7. The summed E-state index contributed by atoms with van der Waals surface area (Å²) in [5, 5.41) is 3.40. The van der Waals surface area contributed by atoms with Crippen LogP contribution in [0.25, 0.3) is 0 Å². The second-order valence-corrected chi connectivity index (χ2v) is 12.2. The van der Waals surface area contributed by atoms with E-state index in [0.717, 1.165) is 21.9 Å². The fraction of sp³-hybridized carbons (Fsp3) is 0.355. The Kier molecular flexibility index (Phi) is 11.2. The monoisotopic (exact) mass is 599 g/mol. The average molecular weight is 600 g/mol. The highest BCUT2D eigenvalue weighted by Crippen LogP contribution is 2.27. The molecule has 0 aliphatic rings. The van der Waals surface area contributed by atoms with Gasteiger partial charge in [0.25, 0.3) is 10.0 Å². The number of amides is 2. The summed E-state index contributed by atoms with van der Waals surface area (Å²) in [5.41, 5.74) is 1.93. The van der Waals surface area contributed by atoms with Crippen LogP contribution in [-0.2, 0) is 26.2 Å². The number of halogens is 1. The number of carbonyl (C=O) groups is 2. The van der Waals surface area contributed by atoms with Crippen molar-refractivity contribution in [3.8, 4) is 5.75 Å². The van der Waals surface area contributed by atoms with E-state index in [1.807, 2.05) is 33.8 Å². The summed E-state index contributed by atoms with van der Waals surface area (Å²) in [5.74, 6) is -0.209. The molecule has 0 aromatic heterocycles. The number of nitrogens with zero attached hydrogens (tertiary/aromatic N) is 2. The number of methoxy groups -OCH3 is 1. The van der Waals surface area contributed by atoms with E-state index >= 15 is 0 Å². The van der Waals surface area contributed by atoms with Gasteiger partial charge in [-0.05, 0) is 80.8 Å². The summed E-state index contributed by atoms with van der Waals surface area (Å²) in [6.45, 7) is 7.12. The number of anilines is 1. The van der Waals surface area contributed by atoms with Crippen LogP contribution in [0.1, 0.15) is 44.7 Å². The summed E-state index contributed by atoms with van der Waals surface area (Å²) in [6.07, 6.45) is 1.06. The molecular formula is C31H38ClN3O5S. The number of hydrogen-bond donors (Lipinski definition) is 1. The number of sulfonamides is 1. The van der Waals surface area contributed by atoms with Crippen molar-refractivity contribution in [3.05, 3.63) is 88.9 Å². The lowest BCUT2D eigenvalue weighted by Crippen LogP contribution is -2.53. The van der Waals surface area contributed by atoms with Gasteiger partial charge in [0, 0.05) is 17.6 Å². The summed E-state index contributed by atoms with van der Waals surface area (Å²) < 4.78 is 34.2. The third-order valence-electron chi connectivity index (χ3n) is 6.88. The Morgan fingerprint density at radius 1 is 0.976 bits per heavy atom. The Morgan fingerprint density at radius 2 is 1.63 bits per heavy atom. The van der Waals surface area contributed by atoms with Gasteiger partial charge in [0.05, 0.1) is 17.7 Å². The number of carbonyl (C=O) groups excluding carboxylic acids is 2. The molecule has 10 heteroatoms. The van der Waals surface area contributed by atoms with Crippen molar-refractivity contribution in [2.24, 2.45) is 0 Å². The predicted molar refractivity (Wildman–Crippen MR) is 163 cm³/mol. The minimum atomic E-state index is -4.15. The summed E-state index contributed by atoms with van der Waals surface area (Å²) in [6, 6.07) is 19.0. The van der Waals surface area contributed by atoms with Crippen LogP contribution < -0.4 is 14.4 Å². The van der Waals surface area contributed by atoms with E-state index in [-0.39, 0.29) is 29.1 Å². The lowest BCUT2D eigenvalue weighted by atomic mass is 10.1. The second-order valence-electron chi connectivity index (χ2n) is 9.92. The fourth-order valence-corrected chi connectivity index (χ4v) is 5.84. The van der Waals surface area contributed by atoms with Crippen LogP contribution in [0, 0.1) is 6.92 Å². The van der Waals surface area contributed by atoms with Crippen molar-refractivity contribution in [2.75, 3.05) is 18.0 Å². The van der Waals surface area contributed by atoms with Crippen molar-refractivity contribution in [2.45, 2.75) is 64.1 Å². The number of benzene rings is 3. The van der Waals surface area contributed by atoms with Gasteiger partial charge in [-0.15, -0.1) is 0 Å². The maximum atomic E-state index is 14.1. The van der Waals surface area contributed by atoms with E-state index in [2.05, 4.69) is 5.32 Å². The molecule has 2 amide bonds. The van der Waals surface area contributed by atoms with Crippen LogP contribution in [0.2, 0.25) is 5.02 Å². The SMILES string of the molecule is CC[C@@H](C)NC(=O)[C@@H](CC)N(Cc1cccc(OC)c1)C(=O)CN(c1ccc(Cl)cc1)S(=O)(=O)c1ccc(C)cc1. The minimum absolute atomic E-state index is 0.0479. The van der Waals surface area contributed by atoms with Crippen molar-refractivity contribution in [3.63, 3.8) is 0 Å². The first-order chi connectivity index (χ1) is 19.5. The molecule has 0 aliphatic carbocycles. The zero-order valence-electron chi connectivity index (χ0n) is 24.1. The first kappa shape index (κ1) is 32.0. The van der Waals surface area contributed by atoms with E-state index in [4.69, 9.17) is 16.3 Å². The highest BCUT2D eigenvalue weighted by Gasteiger charge is 2.34. The number of aryl methyl sites for hydroxylation is 1.